The van der Waals surface area contributed by atoms with Crippen LogP contribution in [0.25, 0.3) is 0 Å². The highest BCUT2D eigenvalue weighted by Crippen LogP contribution is 2.32. The fraction of sp³-hybridized carbons (Fsp3) is 0.720. The highest BCUT2D eigenvalue weighted by atomic mass is 32.2. The minimum absolute atomic E-state index is 0.886. The van der Waals surface area contributed by atoms with Gasteiger partial charge < -0.3 is 0 Å². The van der Waals surface area contributed by atoms with Gasteiger partial charge in [-0.15, -0.1) is 11.8 Å². The minimum Gasteiger partial charge on any atom is -0.118 e. The van der Waals surface area contributed by atoms with Gasteiger partial charge in [0.2, 0.25) is 0 Å². The number of rotatable bonds is 15. The third kappa shape index (κ3) is 12.0. The first-order chi connectivity index (χ1) is 12.5. The predicted molar refractivity (Wildman–Crippen MR) is 121 cm³/mol. The lowest BCUT2D eigenvalue weighted by Gasteiger charge is -2.16. The fourth-order valence-corrected chi connectivity index (χ4v) is 4.50. The normalized spacial score (nSPS) is 15.2. The van der Waals surface area contributed by atoms with Crippen molar-refractivity contribution in [3.05, 3.63) is 35.6 Å². The minimum atomic E-state index is 0.886. The Kier molecular flexibility index (Phi) is 13.3. The SMILES string of the molecule is CCC(C)CCCC(C)CCCC(C)CCC[C](C)Sc1ccccc1. The zero-order valence-electron chi connectivity index (χ0n) is 18.1. The van der Waals surface area contributed by atoms with Crippen molar-refractivity contribution in [3.8, 4) is 0 Å². The molecule has 1 radical (unpaired) electrons. The van der Waals surface area contributed by atoms with Crippen LogP contribution in [0.1, 0.15) is 98.8 Å². The van der Waals surface area contributed by atoms with Gasteiger partial charge in [0.25, 0.3) is 0 Å². The van der Waals surface area contributed by atoms with Crippen molar-refractivity contribution >= 4 is 11.8 Å². The molecular weight excluding hydrogens is 332 g/mol. The van der Waals surface area contributed by atoms with E-state index in [2.05, 4.69) is 65.0 Å². The topological polar surface area (TPSA) is 0 Å². The fourth-order valence-electron chi connectivity index (χ4n) is 3.56. The van der Waals surface area contributed by atoms with E-state index in [1.54, 1.807) is 5.25 Å². The molecule has 1 rings (SSSR count). The molecule has 0 saturated carbocycles. The van der Waals surface area contributed by atoms with Crippen molar-refractivity contribution in [2.45, 2.75) is 104 Å². The predicted octanol–water partition coefficient (Wildman–Crippen LogP) is 9.16. The van der Waals surface area contributed by atoms with Crippen LogP contribution in [0.3, 0.4) is 0 Å². The molecular formula is C25H43S. The van der Waals surface area contributed by atoms with Gasteiger partial charge in [-0.2, -0.15) is 0 Å². The molecule has 149 valence electrons. The van der Waals surface area contributed by atoms with Crippen molar-refractivity contribution in [2.75, 3.05) is 0 Å². The van der Waals surface area contributed by atoms with Crippen molar-refractivity contribution in [1.82, 2.24) is 0 Å². The second kappa shape index (κ2) is 14.6. The maximum atomic E-state index is 2.46. The van der Waals surface area contributed by atoms with Gasteiger partial charge in [-0.25, -0.2) is 0 Å². The van der Waals surface area contributed by atoms with E-state index >= 15 is 0 Å². The lowest BCUT2D eigenvalue weighted by Crippen LogP contribution is -2.01. The molecule has 0 nitrogen and oxygen atoms in total. The summed E-state index contributed by atoms with van der Waals surface area (Å²) >= 11 is 1.94. The summed E-state index contributed by atoms with van der Waals surface area (Å²) in [4.78, 5) is 1.38. The lowest BCUT2D eigenvalue weighted by molar-refractivity contribution is 0.382. The van der Waals surface area contributed by atoms with E-state index in [0.29, 0.717) is 0 Å². The Bertz CT molecular complexity index is 427. The Hall–Kier alpha value is -0.430. The van der Waals surface area contributed by atoms with Crippen LogP contribution in [0, 0.1) is 23.0 Å². The van der Waals surface area contributed by atoms with Crippen molar-refractivity contribution in [1.29, 1.82) is 0 Å². The molecule has 0 aliphatic carbocycles. The summed E-state index contributed by atoms with van der Waals surface area (Å²) in [7, 11) is 0. The quantitative estimate of drug-likeness (QED) is 0.275. The average molecular weight is 376 g/mol. The molecule has 1 heteroatoms. The van der Waals surface area contributed by atoms with Gasteiger partial charge in [-0.3, -0.25) is 0 Å². The molecule has 26 heavy (non-hydrogen) atoms. The summed E-state index contributed by atoms with van der Waals surface area (Å²) in [5.74, 6) is 2.73. The van der Waals surface area contributed by atoms with E-state index < -0.39 is 0 Å². The highest BCUT2D eigenvalue weighted by Gasteiger charge is 2.09. The molecule has 0 bridgehead atoms. The Balaban J connectivity index is 2.01. The largest absolute Gasteiger partial charge is 0.118 e. The van der Waals surface area contributed by atoms with E-state index in [-0.39, 0.29) is 0 Å². The van der Waals surface area contributed by atoms with Crippen LogP contribution < -0.4 is 0 Å². The van der Waals surface area contributed by atoms with Crippen LogP contribution in [-0.2, 0) is 0 Å². The molecule has 3 atom stereocenters. The summed E-state index contributed by atoms with van der Waals surface area (Å²) in [5, 5.41) is 1.55. The lowest BCUT2D eigenvalue weighted by atomic mass is 9.91. The summed E-state index contributed by atoms with van der Waals surface area (Å²) < 4.78 is 0. The monoisotopic (exact) mass is 375 g/mol. The van der Waals surface area contributed by atoms with Gasteiger partial charge in [-0.1, -0.05) is 104 Å². The van der Waals surface area contributed by atoms with E-state index in [1.807, 2.05) is 11.8 Å². The maximum Gasteiger partial charge on any atom is 0.0326 e. The third-order valence-corrected chi connectivity index (χ3v) is 6.81. The van der Waals surface area contributed by atoms with Crippen molar-refractivity contribution < 1.29 is 0 Å². The number of hydrogen-bond acceptors (Lipinski definition) is 1. The van der Waals surface area contributed by atoms with Crippen LogP contribution in [-0.4, -0.2) is 0 Å². The highest BCUT2D eigenvalue weighted by molar-refractivity contribution is 8.02. The third-order valence-electron chi connectivity index (χ3n) is 5.75. The zero-order valence-corrected chi connectivity index (χ0v) is 18.9. The molecule has 0 heterocycles. The Morgan fingerprint density at radius 2 is 1.27 bits per heavy atom. The molecule has 0 saturated heterocycles. The van der Waals surface area contributed by atoms with Crippen LogP contribution in [0.4, 0.5) is 0 Å². The molecule has 1 aromatic carbocycles. The molecule has 0 amide bonds. The maximum absolute atomic E-state index is 2.46. The smallest absolute Gasteiger partial charge is 0.0326 e. The van der Waals surface area contributed by atoms with Crippen LogP contribution in [0.15, 0.2) is 35.2 Å². The van der Waals surface area contributed by atoms with E-state index in [1.165, 1.54) is 69.1 Å². The van der Waals surface area contributed by atoms with E-state index in [4.69, 9.17) is 0 Å². The summed E-state index contributed by atoms with van der Waals surface area (Å²) in [6, 6.07) is 10.8. The second-order valence-electron chi connectivity index (χ2n) is 8.59. The second-order valence-corrected chi connectivity index (χ2v) is 9.97. The Labute approximate surface area is 168 Å². The van der Waals surface area contributed by atoms with Crippen LogP contribution in [0.5, 0.6) is 0 Å². The van der Waals surface area contributed by atoms with Gasteiger partial charge in [0.1, 0.15) is 0 Å². The standard InChI is InChI=1S/C25H43S/c1-6-21(2)13-10-14-22(3)15-11-16-23(4)17-12-18-24(5)26-25-19-8-7-9-20-25/h7-9,19-23H,6,10-18H2,1-5H3. The first kappa shape index (κ1) is 23.6. The molecule has 0 aliphatic rings. The van der Waals surface area contributed by atoms with Crippen molar-refractivity contribution in [3.63, 3.8) is 0 Å². The first-order valence-corrected chi connectivity index (χ1v) is 11.9. The molecule has 0 fully saturated rings. The van der Waals surface area contributed by atoms with Gasteiger partial charge in [-0.05, 0) is 43.2 Å². The van der Waals surface area contributed by atoms with Gasteiger partial charge in [0.15, 0.2) is 0 Å². The van der Waals surface area contributed by atoms with Gasteiger partial charge >= 0.3 is 0 Å². The van der Waals surface area contributed by atoms with E-state index in [0.717, 1.165) is 17.8 Å². The summed E-state index contributed by atoms with van der Waals surface area (Å²) in [6.07, 6.45) is 13.9. The average Bonchev–Trinajstić information content (AvgIpc) is 2.62. The summed E-state index contributed by atoms with van der Waals surface area (Å²) in [6.45, 7) is 11.9. The molecule has 0 N–H and O–H groups in total. The Morgan fingerprint density at radius 1 is 0.769 bits per heavy atom. The van der Waals surface area contributed by atoms with E-state index in [9.17, 15) is 0 Å². The Morgan fingerprint density at radius 3 is 1.81 bits per heavy atom. The van der Waals surface area contributed by atoms with Gasteiger partial charge in [0.05, 0.1) is 0 Å². The van der Waals surface area contributed by atoms with Crippen LogP contribution >= 0.6 is 11.8 Å². The van der Waals surface area contributed by atoms with Crippen LogP contribution in [0.2, 0.25) is 0 Å². The van der Waals surface area contributed by atoms with Gasteiger partial charge in [0, 0.05) is 10.1 Å². The molecule has 1 aromatic rings. The molecule has 0 spiro atoms. The molecule has 0 aliphatic heterocycles. The number of hydrogen-bond donors (Lipinski definition) is 0. The van der Waals surface area contributed by atoms with Crippen molar-refractivity contribution in [2.24, 2.45) is 17.8 Å². The number of thioether (sulfide) groups is 1. The zero-order chi connectivity index (χ0) is 19.2. The molecule has 3 unspecified atom stereocenters. The molecule has 0 aromatic heterocycles. The summed E-state index contributed by atoms with van der Waals surface area (Å²) in [5.41, 5.74) is 0. The first-order valence-electron chi connectivity index (χ1n) is 11.1. The number of benzene rings is 1.